The smallest absolute Gasteiger partial charge is 0.174 e. The van der Waals surface area contributed by atoms with E-state index in [1.54, 1.807) is 0 Å². The standard InChI is InChI=1S/C18H19Cl2NO3/c1-10-5-6-12(11(2)7-10)8-13-14(19)18(24-4)16(21-9-23-3)15(20)17(13)22/h5-7,9,22H,8H2,1-4H3. The molecule has 0 atom stereocenters. The van der Waals surface area contributed by atoms with E-state index in [-0.39, 0.29) is 21.5 Å². The van der Waals surface area contributed by atoms with Crippen molar-refractivity contribution in [3.8, 4) is 11.5 Å². The highest BCUT2D eigenvalue weighted by Crippen LogP contribution is 2.49. The van der Waals surface area contributed by atoms with E-state index in [0.717, 1.165) is 11.1 Å². The Morgan fingerprint density at radius 2 is 1.88 bits per heavy atom. The Labute approximate surface area is 151 Å². The zero-order valence-electron chi connectivity index (χ0n) is 14.0. The Kier molecular flexibility index (Phi) is 5.97. The summed E-state index contributed by atoms with van der Waals surface area (Å²) in [7, 11) is 2.93. The highest BCUT2D eigenvalue weighted by atomic mass is 35.5. The molecule has 0 heterocycles. The van der Waals surface area contributed by atoms with Crippen LogP contribution < -0.4 is 4.74 Å². The number of halogens is 2. The molecule has 128 valence electrons. The van der Waals surface area contributed by atoms with E-state index in [1.807, 2.05) is 26.0 Å². The molecule has 0 aromatic heterocycles. The molecule has 2 aromatic rings. The third-order valence-electron chi connectivity index (χ3n) is 3.74. The summed E-state index contributed by atoms with van der Waals surface area (Å²) in [6, 6.07) is 6.11. The molecule has 4 nitrogen and oxygen atoms in total. The average Bonchev–Trinajstić information content (AvgIpc) is 2.55. The van der Waals surface area contributed by atoms with Crippen LogP contribution in [0.25, 0.3) is 0 Å². The van der Waals surface area contributed by atoms with Gasteiger partial charge in [0.15, 0.2) is 12.2 Å². The number of benzene rings is 2. The summed E-state index contributed by atoms with van der Waals surface area (Å²) < 4.78 is 10.1. The summed E-state index contributed by atoms with van der Waals surface area (Å²) in [6.07, 6.45) is 1.63. The number of aromatic hydroxyl groups is 1. The van der Waals surface area contributed by atoms with Crippen LogP contribution in [-0.4, -0.2) is 25.7 Å². The van der Waals surface area contributed by atoms with Gasteiger partial charge in [0.2, 0.25) is 0 Å². The molecule has 0 unspecified atom stereocenters. The first-order valence-corrected chi connectivity index (χ1v) is 8.04. The highest BCUT2D eigenvalue weighted by Gasteiger charge is 2.23. The van der Waals surface area contributed by atoms with E-state index < -0.39 is 0 Å². The zero-order valence-corrected chi connectivity index (χ0v) is 15.5. The molecule has 0 aliphatic rings. The molecule has 0 aliphatic heterocycles. The summed E-state index contributed by atoms with van der Waals surface area (Å²) in [5.74, 6) is 0.193. The van der Waals surface area contributed by atoms with Crippen molar-refractivity contribution >= 4 is 35.3 Å². The molecule has 6 heteroatoms. The lowest BCUT2D eigenvalue weighted by Crippen LogP contribution is -1.98. The molecular weight excluding hydrogens is 349 g/mol. The van der Waals surface area contributed by atoms with E-state index in [2.05, 4.69) is 11.1 Å². The van der Waals surface area contributed by atoms with Crippen molar-refractivity contribution < 1.29 is 14.6 Å². The first-order chi connectivity index (χ1) is 11.4. The van der Waals surface area contributed by atoms with Gasteiger partial charge in [0.1, 0.15) is 16.5 Å². The van der Waals surface area contributed by atoms with Crippen LogP contribution >= 0.6 is 23.2 Å². The van der Waals surface area contributed by atoms with Gasteiger partial charge >= 0.3 is 0 Å². The third-order valence-corrected chi connectivity index (χ3v) is 4.50. The van der Waals surface area contributed by atoms with Gasteiger partial charge < -0.3 is 14.6 Å². The molecule has 0 fully saturated rings. The zero-order chi connectivity index (χ0) is 17.9. The molecule has 0 amide bonds. The normalized spacial score (nSPS) is 11.1. The second-order valence-electron chi connectivity index (χ2n) is 5.41. The maximum Gasteiger partial charge on any atom is 0.174 e. The summed E-state index contributed by atoms with van der Waals surface area (Å²) >= 11 is 12.7. The number of phenols is 1. The number of hydrogen-bond acceptors (Lipinski definition) is 4. The minimum atomic E-state index is -0.106. The van der Waals surface area contributed by atoms with Crippen molar-refractivity contribution in [1.29, 1.82) is 0 Å². The number of ether oxygens (including phenoxy) is 2. The molecule has 0 saturated heterocycles. The van der Waals surface area contributed by atoms with Gasteiger partial charge in [-0.15, -0.1) is 0 Å². The van der Waals surface area contributed by atoms with Gasteiger partial charge in [0.25, 0.3) is 0 Å². The molecule has 2 aromatic carbocycles. The van der Waals surface area contributed by atoms with E-state index in [4.69, 9.17) is 32.7 Å². The van der Waals surface area contributed by atoms with Crippen LogP contribution in [0.5, 0.6) is 11.5 Å². The summed E-state index contributed by atoms with van der Waals surface area (Å²) in [5.41, 5.74) is 4.06. The Morgan fingerprint density at radius 3 is 2.46 bits per heavy atom. The molecule has 0 saturated carbocycles. The number of aryl methyl sites for hydroxylation is 2. The Bertz CT molecular complexity index is 789. The summed E-state index contributed by atoms with van der Waals surface area (Å²) in [4.78, 5) is 4.05. The van der Waals surface area contributed by atoms with Crippen molar-refractivity contribution in [3.05, 3.63) is 50.5 Å². The molecule has 24 heavy (non-hydrogen) atoms. The topological polar surface area (TPSA) is 51.0 Å². The van der Waals surface area contributed by atoms with E-state index >= 15 is 0 Å². The third kappa shape index (κ3) is 3.60. The second kappa shape index (κ2) is 7.77. The Hall–Kier alpha value is -1.91. The summed E-state index contributed by atoms with van der Waals surface area (Å²) in [6.45, 7) is 4.05. The van der Waals surface area contributed by atoms with Gasteiger partial charge in [-0.2, -0.15) is 0 Å². The molecule has 0 spiro atoms. The SMILES string of the molecule is COC=Nc1c(Cl)c(O)c(Cc2ccc(C)cc2C)c(Cl)c1OC. The lowest BCUT2D eigenvalue weighted by molar-refractivity contribution is 0.410. The number of phenolic OH excluding ortho intramolecular Hbond substituents is 1. The maximum absolute atomic E-state index is 10.5. The largest absolute Gasteiger partial charge is 0.506 e. The van der Waals surface area contributed by atoms with Crippen molar-refractivity contribution in [1.82, 2.24) is 0 Å². The number of nitrogens with zero attached hydrogens (tertiary/aromatic N) is 1. The van der Waals surface area contributed by atoms with Crippen LogP contribution in [-0.2, 0) is 11.2 Å². The fourth-order valence-electron chi connectivity index (χ4n) is 2.49. The van der Waals surface area contributed by atoms with Crippen LogP contribution in [0, 0.1) is 13.8 Å². The Morgan fingerprint density at radius 1 is 1.17 bits per heavy atom. The van der Waals surface area contributed by atoms with Crippen molar-refractivity contribution in [2.24, 2.45) is 4.99 Å². The van der Waals surface area contributed by atoms with Gasteiger partial charge in [-0.25, -0.2) is 4.99 Å². The molecule has 0 radical (unpaired) electrons. The molecule has 1 N–H and O–H groups in total. The molecule has 0 bridgehead atoms. The minimum absolute atomic E-state index is 0.0734. The fraction of sp³-hybridized carbons (Fsp3) is 0.278. The minimum Gasteiger partial charge on any atom is -0.506 e. The monoisotopic (exact) mass is 367 g/mol. The number of methoxy groups -OCH3 is 2. The predicted octanol–water partition coefficient (Wildman–Crippen LogP) is 5.22. The van der Waals surface area contributed by atoms with Crippen LogP contribution in [0.4, 0.5) is 5.69 Å². The summed E-state index contributed by atoms with van der Waals surface area (Å²) in [5, 5.41) is 10.9. The van der Waals surface area contributed by atoms with Gasteiger partial charge in [0, 0.05) is 12.0 Å². The van der Waals surface area contributed by atoms with Crippen LogP contribution in [0.15, 0.2) is 23.2 Å². The van der Waals surface area contributed by atoms with Crippen molar-refractivity contribution in [2.75, 3.05) is 14.2 Å². The number of hydrogen-bond donors (Lipinski definition) is 1. The van der Waals surface area contributed by atoms with Gasteiger partial charge in [-0.05, 0) is 25.0 Å². The van der Waals surface area contributed by atoms with Crippen LogP contribution in [0.3, 0.4) is 0 Å². The first-order valence-electron chi connectivity index (χ1n) is 7.28. The van der Waals surface area contributed by atoms with Gasteiger partial charge in [0.05, 0.1) is 19.2 Å². The van der Waals surface area contributed by atoms with Gasteiger partial charge in [-0.1, -0.05) is 47.0 Å². The average molecular weight is 368 g/mol. The predicted molar refractivity (Wildman–Crippen MR) is 98.6 cm³/mol. The second-order valence-corrected chi connectivity index (χ2v) is 6.17. The molecule has 0 aliphatic carbocycles. The van der Waals surface area contributed by atoms with Crippen molar-refractivity contribution in [2.45, 2.75) is 20.3 Å². The maximum atomic E-state index is 10.5. The quantitative estimate of drug-likeness (QED) is 0.581. The fourth-order valence-corrected chi connectivity index (χ4v) is 3.06. The van der Waals surface area contributed by atoms with E-state index in [0.29, 0.717) is 17.7 Å². The first kappa shape index (κ1) is 18.4. The van der Waals surface area contributed by atoms with Gasteiger partial charge in [-0.3, -0.25) is 0 Å². The van der Waals surface area contributed by atoms with E-state index in [1.165, 1.54) is 26.2 Å². The lowest BCUT2D eigenvalue weighted by Gasteiger charge is -2.16. The Balaban J connectivity index is 2.58. The molecular formula is C18H19Cl2NO3. The van der Waals surface area contributed by atoms with Crippen molar-refractivity contribution in [3.63, 3.8) is 0 Å². The number of aliphatic imine (C=N–C) groups is 1. The van der Waals surface area contributed by atoms with Crippen LogP contribution in [0.1, 0.15) is 22.3 Å². The molecule has 2 rings (SSSR count). The van der Waals surface area contributed by atoms with E-state index in [9.17, 15) is 5.11 Å². The highest BCUT2D eigenvalue weighted by molar-refractivity contribution is 6.38. The van der Waals surface area contributed by atoms with Crippen LogP contribution in [0.2, 0.25) is 10.0 Å². The number of rotatable bonds is 5. The lowest BCUT2D eigenvalue weighted by atomic mass is 9.97.